The third-order valence-corrected chi connectivity index (χ3v) is 13.0. The van der Waals surface area contributed by atoms with Crippen LogP contribution in [0, 0.1) is 28.1 Å². The molecule has 266 valence electrons. The zero-order valence-electron chi connectivity index (χ0n) is 29.7. The zero-order chi connectivity index (χ0) is 35.7. The molecule has 0 unspecified atom stereocenters. The molecule has 1 aromatic heterocycles. The fraction of sp³-hybridized carbons (Fsp3) is 0.550. The smallest absolute Gasteiger partial charge is 0.338 e. The van der Waals surface area contributed by atoms with Crippen molar-refractivity contribution >= 4 is 23.9 Å². The largest absolute Gasteiger partial charge is 0.472 e. The molecule has 0 N–H and O–H groups in total. The second-order valence-electron chi connectivity index (χ2n) is 15.5. The standard InChI is InChI=1S/C40H46O10/c1-8-21(2)36(43)49-30-18-29(47-23(4)41)38(5)20-46-33-34(38)39(30,6)28-17-31(42)48-27-16-26(25-14-15-45-19-25)22(3)32(27)40(28,7)35(33)50-37(44)24-12-10-9-11-13-24/h8-15,19,26-30,33-35H,16-18,20H2,1-7H3/t26-,27+,28-,29-,30+,33-,34+,35-,38-,39+,40-/m1/s1. The van der Waals surface area contributed by atoms with Crippen LogP contribution in [0.4, 0.5) is 0 Å². The quantitative estimate of drug-likeness (QED) is 0.144. The lowest BCUT2D eigenvalue weighted by atomic mass is 9.39. The summed E-state index contributed by atoms with van der Waals surface area (Å²) in [4.78, 5) is 54.3. The van der Waals surface area contributed by atoms with E-state index in [2.05, 4.69) is 20.8 Å². The van der Waals surface area contributed by atoms with Crippen LogP contribution in [0.1, 0.15) is 89.6 Å². The number of carbonyl (C=O) groups excluding carboxylic acids is 4. The second kappa shape index (κ2) is 12.2. The normalized spacial score (nSPS) is 39.0. The lowest BCUT2D eigenvalue weighted by molar-refractivity contribution is -0.253. The van der Waals surface area contributed by atoms with E-state index < -0.39 is 76.5 Å². The molecule has 5 aliphatic rings. The molecule has 2 aromatic rings. The SMILES string of the molecule is CC=C(C)C(=O)O[C@H]1C[C@@H](OC(C)=O)[C@@]2(C)CO[C@H]3[C@@H](OC(=O)c4ccccc4)[C@@]4(C)C5=C(C)[C@H](c6ccoc6)C[C@@H]5OC(=O)C[C@@H]4[C@]1(C)[C@@H]32. The van der Waals surface area contributed by atoms with Gasteiger partial charge < -0.3 is 28.1 Å². The molecule has 1 aromatic carbocycles. The highest BCUT2D eigenvalue weighted by Gasteiger charge is 2.78. The summed E-state index contributed by atoms with van der Waals surface area (Å²) in [6, 6.07) is 10.7. The third kappa shape index (κ3) is 5.00. The number of hydrogen-bond acceptors (Lipinski definition) is 10. The Hall–Kier alpha value is -4.18. The number of benzene rings is 1. The topological polar surface area (TPSA) is 128 Å². The van der Waals surface area contributed by atoms with Gasteiger partial charge in [0.25, 0.3) is 0 Å². The molecule has 11 atom stereocenters. The van der Waals surface area contributed by atoms with Gasteiger partial charge >= 0.3 is 23.9 Å². The average molecular weight is 687 g/mol. The van der Waals surface area contributed by atoms with Crippen LogP contribution in [0.3, 0.4) is 0 Å². The van der Waals surface area contributed by atoms with Crippen LogP contribution in [-0.2, 0) is 38.1 Å². The van der Waals surface area contributed by atoms with Gasteiger partial charge in [-0.15, -0.1) is 0 Å². The van der Waals surface area contributed by atoms with Gasteiger partial charge in [-0.3, -0.25) is 9.59 Å². The van der Waals surface area contributed by atoms with E-state index in [1.54, 1.807) is 56.7 Å². The van der Waals surface area contributed by atoms with Crippen molar-refractivity contribution in [3.63, 3.8) is 0 Å². The van der Waals surface area contributed by atoms with Gasteiger partial charge in [-0.1, -0.05) is 50.6 Å². The third-order valence-electron chi connectivity index (χ3n) is 13.0. The van der Waals surface area contributed by atoms with Crippen molar-refractivity contribution in [2.24, 2.45) is 28.1 Å². The highest BCUT2D eigenvalue weighted by Crippen LogP contribution is 2.72. The fourth-order valence-corrected chi connectivity index (χ4v) is 10.7. The summed E-state index contributed by atoms with van der Waals surface area (Å²) in [6.07, 6.45) is 2.22. The van der Waals surface area contributed by atoms with Crippen LogP contribution in [0.5, 0.6) is 0 Å². The lowest BCUT2D eigenvalue weighted by Crippen LogP contribution is -2.72. The molecule has 0 radical (unpaired) electrons. The minimum atomic E-state index is -1.00. The number of esters is 4. The molecule has 4 fully saturated rings. The summed E-state index contributed by atoms with van der Waals surface area (Å²) in [5.41, 5.74) is 1.06. The first-order valence-corrected chi connectivity index (χ1v) is 17.6. The van der Waals surface area contributed by atoms with E-state index in [9.17, 15) is 19.2 Å². The molecule has 2 aliphatic heterocycles. The lowest BCUT2D eigenvalue weighted by Gasteiger charge is -2.66. The van der Waals surface area contributed by atoms with E-state index >= 15 is 0 Å². The number of fused-ring (bicyclic) bond motifs is 4. The van der Waals surface area contributed by atoms with Gasteiger partial charge in [0.05, 0.1) is 30.8 Å². The molecule has 50 heavy (non-hydrogen) atoms. The molecule has 0 amide bonds. The molecule has 0 spiro atoms. The van der Waals surface area contributed by atoms with Gasteiger partial charge in [-0.25, -0.2) is 9.59 Å². The van der Waals surface area contributed by atoms with E-state index in [1.165, 1.54) is 6.92 Å². The molecule has 10 nitrogen and oxygen atoms in total. The number of hydrogen-bond donors (Lipinski definition) is 0. The van der Waals surface area contributed by atoms with Crippen molar-refractivity contribution in [2.45, 2.75) is 104 Å². The van der Waals surface area contributed by atoms with E-state index in [0.29, 0.717) is 17.6 Å². The van der Waals surface area contributed by atoms with Gasteiger partial charge in [0.1, 0.15) is 24.4 Å². The van der Waals surface area contributed by atoms with Crippen molar-refractivity contribution in [2.75, 3.05) is 6.61 Å². The Morgan fingerprint density at radius 3 is 2.36 bits per heavy atom. The van der Waals surface area contributed by atoms with E-state index in [-0.39, 0.29) is 31.3 Å². The first-order chi connectivity index (χ1) is 23.7. The Labute approximate surface area is 292 Å². The first kappa shape index (κ1) is 34.3. The maximum Gasteiger partial charge on any atom is 0.338 e. The van der Waals surface area contributed by atoms with Crippen LogP contribution >= 0.6 is 0 Å². The summed E-state index contributed by atoms with van der Waals surface area (Å²) >= 11 is 0. The molecule has 3 heterocycles. The van der Waals surface area contributed by atoms with Crippen LogP contribution in [0.2, 0.25) is 0 Å². The van der Waals surface area contributed by atoms with Crippen molar-refractivity contribution in [1.82, 2.24) is 0 Å². The highest BCUT2D eigenvalue weighted by atomic mass is 16.6. The maximum absolute atomic E-state index is 14.1. The Morgan fingerprint density at radius 1 is 0.960 bits per heavy atom. The van der Waals surface area contributed by atoms with Gasteiger partial charge in [-0.05, 0) is 62.4 Å². The number of ether oxygens (including phenoxy) is 5. The maximum atomic E-state index is 14.1. The molecule has 3 aliphatic carbocycles. The molecular formula is C40H46O10. The Kier molecular flexibility index (Phi) is 8.40. The van der Waals surface area contributed by atoms with E-state index in [1.807, 2.05) is 19.1 Å². The predicted molar refractivity (Wildman–Crippen MR) is 179 cm³/mol. The Balaban J connectivity index is 1.46. The molecule has 2 saturated heterocycles. The average Bonchev–Trinajstić information content (AvgIpc) is 3.80. The summed E-state index contributed by atoms with van der Waals surface area (Å²) in [6.45, 7) is 13.3. The van der Waals surface area contributed by atoms with Crippen LogP contribution in [-0.4, -0.2) is 61.0 Å². The minimum Gasteiger partial charge on any atom is -0.472 e. The van der Waals surface area contributed by atoms with Gasteiger partial charge in [0.15, 0.2) is 0 Å². The summed E-state index contributed by atoms with van der Waals surface area (Å²) in [7, 11) is 0. The summed E-state index contributed by atoms with van der Waals surface area (Å²) < 4.78 is 37.7. The zero-order valence-corrected chi connectivity index (χ0v) is 29.7. The number of carbonyl (C=O) groups is 4. The second-order valence-corrected chi connectivity index (χ2v) is 15.5. The highest BCUT2D eigenvalue weighted by molar-refractivity contribution is 5.89. The molecular weight excluding hydrogens is 640 g/mol. The Morgan fingerprint density at radius 2 is 1.70 bits per heavy atom. The number of rotatable bonds is 6. The van der Waals surface area contributed by atoms with Crippen LogP contribution in [0.15, 0.2) is 76.1 Å². The van der Waals surface area contributed by atoms with Crippen molar-refractivity contribution in [3.8, 4) is 0 Å². The van der Waals surface area contributed by atoms with Crippen molar-refractivity contribution in [1.29, 1.82) is 0 Å². The summed E-state index contributed by atoms with van der Waals surface area (Å²) in [5, 5.41) is 0. The molecule has 7 rings (SSSR count). The van der Waals surface area contributed by atoms with E-state index in [0.717, 1.165) is 16.7 Å². The van der Waals surface area contributed by atoms with Crippen molar-refractivity contribution in [3.05, 3.63) is 82.8 Å². The van der Waals surface area contributed by atoms with Gasteiger partial charge in [0, 0.05) is 53.4 Å². The predicted octanol–water partition coefficient (Wildman–Crippen LogP) is 6.50. The molecule has 2 saturated carbocycles. The summed E-state index contributed by atoms with van der Waals surface area (Å²) in [5.74, 6) is -2.88. The number of furan rings is 1. The van der Waals surface area contributed by atoms with E-state index in [4.69, 9.17) is 28.1 Å². The van der Waals surface area contributed by atoms with Crippen LogP contribution in [0.25, 0.3) is 0 Å². The van der Waals surface area contributed by atoms with Crippen molar-refractivity contribution < 1.29 is 47.3 Å². The first-order valence-electron chi connectivity index (χ1n) is 17.6. The molecule has 10 heteroatoms. The monoisotopic (exact) mass is 686 g/mol. The molecule has 0 bridgehead atoms. The fourth-order valence-electron chi connectivity index (χ4n) is 10.7. The van der Waals surface area contributed by atoms with Gasteiger partial charge in [-0.2, -0.15) is 0 Å². The Bertz CT molecular complexity index is 1760. The van der Waals surface area contributed by atoms with Gasteiger partial charge in [0.2, 0.25) is 0 Å². The number of allylic oxidation sites excluding steroid dienone is 2. The minimum absolute atomic E-state index is 0.00419. The van der Waals surface area contributed by atoms with Crippen LogP contribution < -0.4 is 0 Å².